The molecule has 3 fully saturated rings. The second-order valence-electron chi connectivity index (χ2n) is 5.30. The summed E-state index contributed by atoms with van der Waals surface area (Å²) in [6, 6.07) is 0. The topological polar surface area (TPSA) is 43.4 Å². The Morgan fingerprint density at radius 2 is 2.20 bits per heavy atom. The molecule has 3 aliphatic carbocycles. The van der Waals surface area contributed by atoms with Gasteiger partial charge >= 0.3 is 5.97 Å². The van der Waals surface area contributed by atoms with E-state index in [2.05, 4.69) is 6.92 Å². The summed E-state index contributed by atoms with van der Waals surface area (Å²) in [5, 5.41) is 0. The van der Waals surface area contributed by atoms with Crippen molar-refractivity contribution in [2.45, 2.75) is 33.1 Å². The van der Waals surface area contributed by atoms with Crippen molar-refractivity contribution in [1.82, 2.24) is 0 Å². The zero-order chi connectivity index (χ0) is 11.2. The molecule has 2 bridgehead atoms. The highest BCUT2D eigenvalue weighted by atomic mass is 16.5. The fraction of sp³-hybridized carbons (Fsp3) is 0.833. The van der Waals surface area contributed by atoms with E-state index in [-0.39, 0.29) is 29.1 Å². The number of hydrogen-bond donors (Lipinski definition) is 0. The number of hydrogen-bond acceptors (Lipinski definition) is 3. The number of carbonyl (C=O) groups excluding carboxylic acids is 2. The summed E-state index contributed by atoms with van der Waals surface area (Å²) in [7, 11) is 1.43. The highest BCUT2D eigenvalue weighted by molar-refractivity contribution is 5.87. The van der Waals surface area contributed by atoms with Gasteiger partial charge in [-0.2, -0.15) is 0 Å². The van der Waals surface area contributed by atoms with Crippen molar-refractivity contribution in [3.63, 3.8) is 0 Å². The minimum Gasteiger partial charge on any atom is -0.469 e. The molecule has 0 heterocycles. The van der Waals surface area contributed by atoms with Gasteiger partial charge in [0.25, 0.3) is 0 Å². The van der Waals surface area contributed by atoms with Gasteiger partial charge in [0.1, 0.15) is 5.78 Å². The molecule has 0 unspecified atom stereocenters. The normalized spacial score (nSPS) is 44.2. The van der Waals surface area contributed by atoms with Crippen molar-refractivity contribution >= 4 is 11.8 Å². The number of rotatable bonds is 1. The van der Waals surface area contributed by atoms with Crippen LogP contribution in [0.4, 0.5) is 0 Å². The molecule has 3 heteroatoms. The van der Waals surface area contributed by atoms with Crippen LogP contribution in [-0.2, 0) is 14.3 Å². The smallest absolute Gasteiger partial charge is 0.309 e. The lowest BCUT2D eigenvalue weighted by molar-refractivity contribution is -0.166. The summed E-state index contributed by atoms with van der Waals surface area (Å²) >= 11 is 0. The molecule has 15 heavy (non-hydrogen) atoms. The Labute approximate surface area is 90.2 Å². The Morgan fingerprint density at radius 1 is 1.53 bits per heavy atom. The van der Waals surface area contributed by atoms with Gasteiger partial charge in [-0.1, -0.05) is 13.8 Å². The maximum atomic E-state index is 11.8. The predicted molar refractivity (Wildman–Crippen MR) is 55.1 cm³/mol. The van der Waals surface area contributed by atoms with E-state index in [1.165, 1.54) is 7.11 Å². The third-order valence-electron chi connectivity index (χ3n) is 4.38. The summed E-state index contributed by atoms with van der Waals surface area (Å²) in [4.78, 5) is 23.5. The van der Waals surface area contributed by atoms with Crippen LogP contribution in [0.5, 0.6) is 0 Å². The Morgan fingerprint density at radius 3 is 2.67 bits per heavy atom. The number of Topliss-reactive ketones (excluding diaryl/α,β-unsaturated/α-hetero) is 1. The second-order valence-corrected chi connectivity index (χ2v) is 5.30. The average Bonchev–Trinajstić information content (AvgIpc) is 2.15. The molecule has 0 aromatic heterocycles. The number of ether oxygens (including phenoxy) is 1. The largest absolute Gasteiger partial charge is 0.469 e. The predicted octanol–water partition coefficient (Wildman–Crippen LogP) is 1.80. The molecule has 0 spiro atoms. The van der Waals surface area contributed by atoms with Gasteiger partial charge in [-0.15, -0.1) is 0 Å². The van der Waals surface area contributed by atoms with Gasteiger partial charge in [-0.05, 0) is 24.2 Å². The van der Waals surface area contributed by atoms with E-state index in [1.807, 2.05) is 6.92 Å². The molecule has 4 atom stereocenters. The van der Waals surface area contributed by atoms with Crippen LogP contribution in [0.25, 0.3) is 0 Å². The van der Waals surface area contributed by atoms with Crippen LogP contribution in [0.2, 0.25) is 0 Å². The van der Waals surface area contributed by atoms with E-state index < -0.39 is 0 Å². The SMILES string of the molecule is COC(=O)[C@@H]1[C@H](C)[C@H]2CC[C@@]1(C)CC2=O. The molecule has 84 valence electrons. The number of fused-ring (bicyclic) bond motifs is 3. The third kappa shape index (κ3) is 1.40. The van der Waals surface area contributed by atoms with Gasteiger partial charge in [0, 0.05) is 12.3 Å². The molecule has 3 rings (SSSR count). The fourth-order valence-electron chi connectivity index (χ4n) is 3.58. The quantitative estimate of drug-likeness (QED) is 0.620. The van der Waals surface area contributed by atoms with Gasteiger partial charge in [0.05, 0.1) is 13.0 Å². The molecule has 0 aromatic rings. The molecule has 0 saturated heterocycles. The first-order valence-corrected chi connectivity index (χ1v) is 5.60. The van der Waals surface area contributed by atoms with Crippen molar-refractivity contribution in [2.75, 3.05) is 7.11 Å². The van der Waals surface area contributed by atoms with E-state index in [4.69, 9.17) is 4.74 Å². The van der Waals surface area contributed by atoms with Crippen molar-refractivity contribution in [3.8, 4) is 0 Å². The van der Waals surface area contributed by atoms with Gasteiger partial charge in [0.2, 0.25) is 0 Å². The summed E-state index contributed by atoms with van der Waals surface area (Å²) < 4.78 is 4.86. The average molecular weight is 210 g/mol. The summed E-state index contributed by atoms with van der Waals surface area (Å²) in [6.45, 7) is 4.07. The highest BCUT2D eigenvalue weighted by Crippen LogP contribution is 2.55. The van der Waals surface area contributed by atoms with Crippen LogP contribution in [0, 0.1) is 23.2 Å². The summed E-state index contributed by atoms with van der Waals surface area (Å²) in [5.41, 5.74) is -0.154. The van der Waals surface area contributed by atoms with Crippen molar-refractivity contribution in [2.24, 2.45) is 23.2 Å². The zero-order valence-corrected chi connectivity index (χ0v) is 9.58. The van der Waals surface area contributed by atoms with Crippen molar-refractivity contribution < 1.29 is 14.3 Å². The molecule has 3 saturated carbocycles. The Hall–Kier alpha value is -0.860. The fourth-order valence-corrected chi connectivity index (χ4v) is 3.58. The Kier molecular flexibility index (Phi) is 2.36. The van der Waals surface area contributed by atoms with Crippen LogP contribution < -0.4 is 0 Å². The lowest BCUT2D eigenvalue weighted by Crippen LogP contribution is -2.53. The summed E-state index contributed by atoms with van der Waals surface area (Å²) in [5.74, 6) is 0.367. The molecule has 3 nitrogen and oxygen atoms in total. The Bertz CT molecular complexity index is 310. The maximum absolute atomic E-state index is 11.8. The van der Waals surface area contributed by atoms with Gasteiger partial charge in [-0.25, -0.2) is 0 Å². The number of methoxy groups -OCH3 is 1. The molecule has 0 aromatic carbocycles. The minimum atomic E-state index is -0.154. The lowest BCUT2D eigenvalue weighted by Gasteiger charge is -2.51. The maximum Gasteiger partial charge on any atom is 0.309 e. The summed E-state index contributed by atoms with van der Waals surface area (Å²) in [6.07, 6.45) is 2.49. The van der Waals surface area contributed by atoms with Crippen LogP contribution in [0.1, 0.15) is 33.1 Å². The molecular formula is C12H18O3. The molecule has 3 aliphatic rings. The van der Waals surface area contributed by atoms with E-state index in [1.54, 1.807) is 0 Å². The first-order valence-electron chi connectivity index (χ1n) is 5.60. The van der Waals surface area contributed by atoms with Crippen molar-refractivity contribution in [3.05, 3.63) is 0 Å². The van der Waals surface area contributed by atoms with Gasteiger partial charge in [0.15, 0.2) is 0 Å². The van der Waals surface area contributed by atoms with Crippen LogP contribution in [-0.4, -0.2) is 18.9 Å². The van der Waals surface area contributed by atoms with Crippen LogP contribution >= 0.6 is 0 Å². The Balaban J connectivity index is 2.33. The number of esters is 1. The monoisotopic (exact) mass is 210 g/mol. The van der Waals surface area contributed by atoms with E-state index in [0.29, 0.717) is 12.2 Å². The molecule has 0 radical (unpaired) electrons. The molecule has 0 amide bonds. The van der Waals surface area contributed by atoms with E-state index in [9.17, 15) is 9.59 Å². The van der Waals surface area contributed by atoms with Crippen molar-refractivity contribution in [1.29, 1.82) is 0 Å². The van der Waals surface area contributed by atoms with E-state index in [0.717, 1.165) is 12.8 Å². The number of carbonyl (C=O) groups is 2. The number of ketones is 1. The molecular weight excluding hydrogens is 192 g/mol. The van der Waals surface area contributed by atoms with Crippen LogP contribution in [0.3, 0.4) is 0 Å². The van der Waals surface area contributed by atoms with Gasteiger partial charge in [-0.3, -0.25) is 9.59 Å². The molecule has 0 N–H and O–H groups in total. The highest BCUT2D eigenvalue weighted by Gasteiger charge is 2.56. The standard InChI is InChI=1S/C12H18O3/c1-7-8-4-5-12(2,6-9(8)13)10(7)11(14)15-3/h7-8,10H,4-6H2,1-3H3/t7-,8-,10+,12+/m1/s1. The first kappa shape index (κ1) is 10.7. The third-order valence-corrected chi connectivity index (χ3v) is 4.38. The van der Waals surface area contributed by atoms with E-state index >= 15 is 0 Å². The molecule has 0 aliphatic heterocycles. The second kappa shape index (κ2) is 3.32. The van der Waals surface area contributed by atoms with Crippen LogP contribution in [0.15, 0.2) is 0 Å². The minimum absolute atomic E-state index is 0.0843. The lowest BCUT2D eigenvalue weighted by atomic mass is 9.51. The first-order chi connectivity index (χ1) is 6.99. The van der Waals surface area contributed by atoms with Gasteiger partial charge < -0.3 is 4.74 Å². The zero-order valence-electron chi connectivity index (χ0n) is 9.58.